The first kappa shape index (κ1) is 14.7. The molecule has 2 heterocycles. The third-order valence-corrected chi connectivity index (χ3v) is 6.06. The molecule has 2 aromatic heterocycles. The van der Waals surface area contributed by atoms with Crippen molar-refractivity contribution >= 4 is 54.5 Å². The Morgan fingerprint density at radius 1 is 1.33 bits per heavy atom. The fraction of sp³-hybridized carbons (Fsp3) is 0.385. The highest BCUT2D eigenvalue weighted by Crippen LogP contribution is 2.31. The first-order valence-electron chi connectivity index (χ1n) is 5.90. The maximum absolute atomic E-state index is 3.64. The Morgan fingerprint density at radius 3 is 2.72 bits per heavy atom. The SMILES string of the molecule is CCCNC(Cc1ccc(Br)s1)c1cc(Br)cs1. The summed E-state index contributed by atoms with van der Waals surface area (Å²) in [6, 6.07) is 6.98. The van der Waals surface area contributed by atoms with E-state index in [1.54, 1.807) is 0 Å². The van der Waals surface area contributed by atoms with Crippen LogP contribution in [0.4, 0.5) is 0 Å². The van der Waals surface area contributed by atoms with Gasteiger partial charge in [0, 0.05) is 32.1 Å². The predicted octanol–water partition coefficient (Wildman–Crippen LogP) is 5.62. The zero-order valence-electron chi connectivity index (χ0n) is 10.1. The molecular weight excluding hydrogens is 394 g/mol. The van der Waals surface area contributed by atoms with Crippen LogP contribution in [0.1, 0.15) is 29.1 Å². The van der Waals surface area contributed by atoms with Crippen LogP contribution in [0, 0.1) is 0 Å². The molecule has 1 N–H and O–H groups in total. The Hall–Kier alpha value is 0.320. The van der Waals surface area contributed by atoms with Crippen molar-refractivity contribution in [3.05, 3.63) is 41.6 Å². The van der Waals surface area contributed by atoms with Crippen molar-refractivity contribution < 1.29 is 0 Å². The summed E-state index contributed by atoms with van der Waals surface area (Å²) in [6.07, 6.45) is 2.22. The Bertz CT molecular complexity index is 493. The van der Waals surface area contributed by atoms with E-state index in [0.29, 0.717) is 6.04 Å². The number of hydrogen-bond acceptors (Lipinski definition) is 3. The van der Waals surface area contributed by atoms with Gasteiger partial charge in [-0.3, -0.25) is 0 Å². The molecule has 0 aliphatic carbocycles. The third-order valence-electron chi connectivity index (χ3n) is 2.61. The molecule has 0 radical (unpaired) electrons. The maximum Gasteiger partial charge on any atom is 0.0701 e. The van der Waals surface area contributed by atoms with Crippen molar-refractivity contribution in [2.75, 3.05) is 6.54 Å². The molecule has 0 aromatic carbocycles. The van der Waals surface area contributed by atoms with Crippen molar-refractivity contribution in [1.82, 2.24) is 5.32 Å². The van der Waals surface area contributed by atoms with Crippen LogP contribution in [0.3, 0.4) is 0 Å². The summed E-state index contributed by atoms with van der Waals surface area (Å²) < 4.78 is 2.39. The first-order valence-corrected chi connectivity index (χ1v) is 9.18. The Labute approximate surface area is 133 Å². The second-order valence-electron chi connectivity index (χ2n) is 4.08. The minimum Gasteiger partial charge on any atom is -0.309 e. The highest BCUT2D eigenvalue weighted by Gasteiger charge is 2.14. The smallest absolute Gasteiger partial charge is 0.0701 e. The fourth-order valence-corrected chi connectivity index (χ4v) is 4.82. The van der Waals surface area contributed by atoms with Gasteiger partial charge in [-0.2, -0.15) is 0 Å². The monoisotopic (exact) mass is 407 g/mol. The summed E-state index contributed by atoms with van der Waals surface area (Å²) >= 11 is 10.7. The lowest BCUT2D eigenvalue weighted by Crippen LogP contribution is -2.22. The Balaban J connectivity index is 2.09. The zero-order valence-corrected chi connectivity index (χ0v) is 14.9. The van der Waals surface area contributed by atoms with Crippen LogP contribution in [0.15, 0.2) is 31.8 Å². The number of rotatable bonds is 6. The van der Waals surface area contributed by atoms with Crippen LogP contribution in [-0.4, -0.2) is 6.54 Å². The van der Waals surface area contributed by atoms with E-state index < -0.39 is 0 Å². The van der Waals surface area contributed by atoms with E-state index in [4.69, 9.17) is 0 Å². The van der Waals surface area contributed by atoms with Crippen molar-refractivity contribution in [3.63, 3.8) is 0 Å². The van der Waals surface area contributed by atoms with Crippen LogP contribution < -0.4 is 5.32 Å². The molecule has 2 aromatic rings. The Morgan fingerprint density at radius 2 is 2.17 bits per heavy atom. The van der Waals surface area contributed by atoms with Crippen LogP contribution in [-0.2, 0) is 6.42 Å². The summed E-state index contributed by atoms with van der Waals surface area (Å²) in [5, 5.41) is 5.79. The van der Waals surface area contributed by atoms with Gasteiger partial charge in [0.1, 0.15) is 0 Å². The van der Waals surface area contributed by atoms with Gasteiger partial charge in [-0.25, -0.2) is 0 Å². The highest BCUT2D eigenvalue weighted by molar-refractivity contribution is 9.11. The number of hydrogen-bond donors (Lipinski definition) is 1. The summed E-state index contributed by atoms with van der Waals surface area (Å²) in [6.45, 7) is 3.27. The van der Waals surface area contributed by atoms with Gasteiger partial charge in [-0.1, -0.05) is 6.92 Å². The second-order valence-corrected chi connectivity index (χ2v) is 8.49. The molecule has 0 saturated carbocycles. The van der Waals surface area contributed by atoms with Crippen molar-refractivity contribution in [1.29, 1.82) is 0 Å². The highest BCUT2D eigenvalue weighted by atomic mass is 79.9. The molecule has 1 nitrogen and oxygen atoms in total. The summed E-state index contributed by atoms with van der Waals surface area (Å²) in [4.78, 5) is 2.82. The predicted molar refractivity (Wildman–Crippen MR) is 88.8 cm³/mol. The molecule has 0 fully saturated rings. The van der Waals surface area contributed by atoms with Gasteiger partial charge >= 0.3 is 0 Å². The molecule has 0 aliphatic rings. The second kappa shape index (κ2) is 7.20. The van der Waals surface area contributed by atoms with Gasteiger partial charge in [-0.05, 0) is 63.0 Å². The molecule has 0 aliphatic heterocycles. The topological polar surface area (TPSA) is 12.0 Å². The van der Waals surface area contributed by atoms with E-state index in [0.717, 1.165) is 19.4 Å². The molecule has 98 valence electrons. The van der Waals surface area contributed by atoms with Gasteiger partial charge < -0.3 is 5.32 Å². The van der Waals surface area contributed by atoms with Gasteiger partial charge in [0.25, 0.3) is 0 Å². The quantitative estimate of drug-likeness (QED) is 0.654. The van der Waals surface area contributed by atoms with Crippen LogP contribution in [0.5, 0.6) is 0 Å². The van der Waals surface area contributed by atoms with Crippen molar-refractivity contribution in [2.24, 2.45) is 0 Å². The largest absolute Gasteiger partial charge is 0.309 e. The van der Waals surface area contributed by atoms with E-state index in [2.05, 4.69) is 67.7 Å². The Kier molecular flexibility index (Phi) is 5.89. The zero-order chi connectivity index (χ0) is 13.0. The number of thiophene rings is 2. The normalized spacial score (nSPS) is 12.8. The average Bonchev–Trinajstić information content (AvgIpc) is 2.93. The van der Waals surface area contributed by atoms with Gasteiger partial charge in [-0.15, -0.1) is 22.7 Å². The van der Waals surface area contributed by atoms with Gasteiger partial charge in [0.2, 0.25) is 0 Å². The van der Waals surface area contributed by atoms with Gasteiger partial charge in [0.05, 0.1) is 3.79 Å². The standard InChI is InChI=1S/C13H15Br2NS2/c1-2-5-16-11(12-6-9(14)8-17-12)7-10-3-4-13(15)18-10/h3-4,6,8,11,16H,2,5,7H2,1H3. The minimum atomic E-state index is 0.423. The molecule has 0 spiro atoms. The minimum absolute atomic E-state index is 0.423. The van der Waals surface area contributed by atoms with Crippen molar-refractivity contribution in [2.45, 2.75) is 25.8 Å². The maximum atomic E-state index is 3.64. The summed E-state index contributed by atoms with van der Waals surface area (Å²) in [7, 11) is 0. The third kappa shape index (κ3) is 4.17. The van der Waals surface area contributed by atoms with Crippen molar-refractivity contribution in [3.8, 4) is 0 Å². The molecule has 18 heavy (non-hydrogen) atoms. The fourth-order valence-electron chi connectivity index (χ4n) is 1.77. The van der Waals surface area contributed by atoms with Crippen LogP contribution in [0.2, 0.25) is 0 Å². The number of halogens is 2. The molecule has 1 unspecified atom stereocenters. The lowest BCUT2D eigenvalue weighted by atomic mass is 10.1. The van der Waals surface area contributed by atoms with Gasteiger partial charge in [0.15, 0.2) is 0 Å². The van der Waals surface area contributed by atoms with E-state index in [-0.39, 0.29) is 0 Å². The van der Waals surface area contributed by atoms with E-state index >= 15 is 0 Å². The first-order chi connectivity index (χ1) is 8.69. The summed E-state index contributed by atoms with van der Waals surface area (Å²) in [5.74, 6) is 0. The van der Waals surface area contributed by atoms with E-state index in [1.807, 2.05) is 22.7 Å². The molecule has 1 atom stereocenters. The van der Waals surface area contributed by atoms with E-state index in [1.165, 1.54) is 18.0 Å². The molecule has 5 heteroatoms. The van der Waals surface area contributed by atoms with Crippen LogP contribution in [0.25, 0.3) is 0 Å². The lowest BCUT2D eigenvalue weighted by Gasteiger charge is -2.16. The molecule has 0 bridgehead atoms. The van der Waals surface area contributed by atoms with E-state index in [9.17, 15) is 0 Å². The van der Waals surface area contributed by atoms with Crippen LogP contribution >= 0.6 is 54.5 Å². The molecule has 0 amide bonds. The number of nitrogens with one attached hydrogen (secondary N) is 1. The lowest BCUT2D eigenvalue weighted by molar-refractivity contribution is 0.539. The molecule has 0 saturated heterocycles. The summed E-state index contributed by atoms with van der Waals surface area (Å²) in [5.41, 5.74) is 0. The molecule has 2 rings (SSSR count). The molecular formula is C13H15Br2NS2. The average molecular weight is 409 g/mol.